The highest BCUT2D eigenvalue weighted by atomic mass is 16.2. The van der Waals surface area contributed by atoms with Crippen molar-refractivity contribution in [1.29, 1.82) is 0 Å². The van der Waals surface area contributed by atoms with Gasteiger partial charge in [-0.25, -0.2) is 9.48 Å². The molecule has 6 nitrogen and oxygen atoms in total. The molecule has 0 saturated carbocycles. The molecule has 17 heavy (non-hydrogen) atoms. The Morgan fingerprint density at radius 1 is 1.41 bits per heavy atom. The van der Waals surface area contributed by atoms with E-state index in [-0.39, 0.29) is 5.69 Å². The fourth-order valence-corrected chi connectivity index (χ4v) is 1.62. The quantitative estimate of drug-likeness (QED) is 0.805. The molecule has 0 spiro atoms. The van der Waals surface area contributed by atoms with Crippen LogP contribution in [0.25, 0.3) is 0 Å². The van der Waals surface area contributed by atoms with E-state index in [1.54, 1.807) is 13.2 Å². The standard InChI is InChI=1S/C11H15N5O/c1-7-4-13-9(8(2)10(7)12)5-16-11(17)15(3)6-14-16/h4,6H,5H2,1-3H3,(H2,12,13). The molecule has 2 aromatic heterocycles. The molecule has 0 fully saturated rings. The lowest BCUT2D eigenvalue weighted by Crippen LogP contribution is -2.24. The predicted molar refractivity (Wildman–Crippen MR) is 64.7 cm³/mol. The highest BCUT2D eigenvalue weighted by Gasteiger charge is 2.09. The molecule has 2 aromatic rings. The van der Waals surface area contributed by atoms with Gasteiger partial charge in [0, 0.05) is 18.9 Å². The third kappa shape index (κ3) is 1.93. The Labute approximate surface area is 98.7 Å². The number of hydrogen-bond acceptors (Lipinski definition) is 4. The van der Waals surface area contributed by atoms with Crippen LogP contribution in [0.2, 0.25) is 0 Å². The number of anilines is 1. The number of nitrogens with two attached hydrogens (primary N) is 1. The SMILES string of the molecule is Cc1cnc(Cn2ncn(C)c2=O)c(C)c1N. The van der Waals surface area contributed by atoms with Gasteiger partial charge in [-0.2, -0.15) is 5.10 Å². The minimum atomic E-state index is -0.162. The molecule has 0 amide bonds. The number of aryl methyl sites for hydroxylation is 2. The molecule has 0 saturated heterocycles. The summed E-state index contributed by atoms with van der Waals surface area (Å²) in [6.45, 7) is 4.15. The molecule has 2 heterocycles. The number of nitrogen functional groups attached to an aromatic ring is 1. The predicted octanol–water partition coefficient (Wildman–Crippen LogP) is 0.224. The van der Waals surface area contributed by atoms with E-state index >= 15 is 0 Å². The zero-order valence-electron chi connectivity index (χ0n) is 10.1. The monoisotopic (exact) mass is 233 g/mol. The highest BCUT2D eigenvalue weighted by Crippen LogP contribution is 2.17. The van der Waals surface area contributed by atoms with Crippen molar-refractivity contribution in [2.24, 2.45) is 7.05 Å². The molecule has 2 rings (SSSR count). The molecular formula is C11H15N5O. The first-order valence-corrected chi connectivity index (χ1v) is 5.29. The van der Waals surface area contributed by atoms with Gasteiger partial charge in [0.2, 0.25) is 0 Å². The fourth-order valence-electron chi connectivity index (χ4n) is 1.62. The van der Waals surface area contributed by atoms with Crippen molar-refractivity contribution in [3.63, 3.8) is 0 Å². The molecule has 0 bridgehead atoms. The third-order valence-electron chi connectivity index (χ3n) is 2.86. The van der Waals surface area contributed by atoms with Gasteiger partial charge in [0.15, 0.2) is 0 Å². The van der Waals surface area contributed by atoms with Crippen molar-refractivity contribution < 1.29 is 0 Å². The van der Waals surface area contributed by atoms with Crippen molar-refractivity contribution in [2.75, 3.05) is 5.73 Å². The number of rotatable bonds is 2. The number of hydrogen-bond donors (Lipinski definition) is 1. The lowest BCUT2D eigenvalue weighted by atomic mass is 10.1. The molecule has 0 aliphatic rings. The Bertz CT molecular complexity index is 611. The van der Waals surface area contributed by atoms with Gasteiger partial charge < -0.3 is 5.73 Å². The fraction of sp³-hybridized carbons (Fsp3) is 0.364. The van der Waals surface area contributed by atoms with Gasteiger partial charge in [-0.1, -0.05) is 0 Å². The van der Waals surface area contributed by atoms with Gasteiger partial charge >= 0.3 is 5.69 Å². The molecule has 0 aromatic carbocycles. The molecule has 0 aliphatic heterocycles. The largest absolute Gasteiger partial charge is 0.398 e. The molecular weight excluding hydrogens is 218 g/mol. The molecule has 90 valence electrons. The van der Waals surface area contributed by atoms with E-state index in [0.717, 1.165) is 22.5 Å². The Balaban J connectivity index is 2.41. The van der Waals surface area contributed by atoms with Gasteiger partial charge in [-0.15, -0.1) is 0 Å². The minimum absolute atomic E-state index is 0.162. The average Bonchev–Trinajstić information content (AvgIpc) is 2.62. The first-order chi connectivity index (χ1) is 8.00. The van der Waals surface area contributed by atoms with Gasteiger partial charge in [0.1, 0.15) is 6.33 Å². The van der Waals surface area contributed by atoms with Crippen molar-refractivity contribution in [3.05, 3.63) is 39.8 Å². The summed E-state index contributed by atoms with van der Waals surface area (Å²) in [6.07, 6.45) is 3.20. The first kappa shape index (κ1) is 11.4. The van der Waals surface area contributed by atoms with E-state index in [1.165, 1.54) is 15.6 Å². The molecule has 0 atom stereocenters. The van der Waals surface area contributed by atoms with Gasteiger partial charge in [-0.3, -0.25) is 9.55 Å². The van der Waals surface area contributed by atoms with Crippen LogP contribution in [0, 0.1) is 13.8 Å². The van der Waals surface area contributed by atoms with E-state index < -0.39 is 0 Å². The van der Waals surface area contributed by atoms with Crippen molar-refractivity contribution in [2.45, 2.75) is 20.4 Å². The summed E-state index contributed by atoms with van der Waals surface area (Å²) >= 11 is 0. The molecule has 2 N–H and O–H groups in total. The minimum Gasteiger partial charge on any atom is -0.398 e. The summed E-state index contributed by atoms with van der Waals surface area (Å²) in [5, 5.41) is 3.99. The van der Waals surface area contributed by atoms with E-state index in [9.17, 15) is 4.79 Å². The number of pyridine rings is 1. The maximum absolute atomic E-state index is 11.6. The van der Waals surface area contributed by atoms with Crippen molar-refractivity contribution in [3.8, 4) is 0 Å². The van der Waals surface area contributed by atoms with E-state index in [0.29, 0.717) is 6.54 Å². The van der Waals surface area contributed by atoms with Crippen LogP contribution in [0.5, 0.6) is 0 Å². The Kier molecular flexibility index (Phi) is 2.71. The van der Waals surface area contributed by atoms with Crippen LogP contribution in [0.3, 0.4) is 0 Å². The number of aromatic nitrogens is 4. The van der Waals surface area contributed by atoms with Gasteiger partial charge in [0.05, 0.1) is 12.2 Å². The summed E-state index contributed by atoms with van der Waals surface area (Å²) in [5.74, 6) is 0. The first-order valence-electron chi connectivity index (χ1n) is 5.29. The number of nitrogens with zero attached hydrogens (tertiary/aromatic N) is 4. The molecule has 0 aliphatic carbocycles. The highest BCUT2D eigenvalue weighted by molar-refractivity contribution is 5.53. The second-order valence-electron chi connectivity index (χ2n) is 4.11. The topological polar surface area (TPSA) is 78.7 Å². The Hall–Kier alpha value is -2.11. The van der Waals surface area contributed by atoms with Crippen LogP contribution in [-0.2, 0) is 13.6 Å². The second-order valence-corrected chi connectivity index (χ2v) is 4.11. The maximum Gasteiger partial charge on any atom is 0.345 e. The Morgan fingerprint density at radius 3 is 2.71 bits per heavy atom. The van der Waals surface area contributed by atoms with Crippen LogP contribution in [0.4, 0.5) is 5.69 Å². The average molecular weight is 233 g/mol. The molecule has 0 unspecified atom stereocenters. The summed E-state index contributed by atoms with van der Waals surface area (Å²) in [7, 11) is 1.66. The van der Waals surface area contributed by atoms with Crippen LogP contribution >= 0.6 is 0 Å². The smallest absolute Gasteiger partial charge is 0.345 e. The van der Waals surface area contributed by atoms with E-state index in [1.807, 2.05) is 13.8 Å². The second kappa shape index (κ2) is 4.04. The summed E-state index contributed by atoms with van der Waals surface area (Å²) in [4.78, 5) is 15.9. The molecule has 6 heteroatoms. The van der Waals surface area contributed by atoms with Crippen LogP contribution < -0.4 is 11.4 Å². The zero-order chi connectivity index (χ0) is 12.6. The third-order valence-corrected chi connectivity index (χ3v) is 2.86. The summed E-state index contributed by atoms with van der Waals surface area (Å²) in [6, 6.07) is 0. The zero-order valence-corrected chi connectivity index (χ0v) is 10.1. The van der Waals surface area contributed by atoms with Crippen LogP contribution in [0.15, 0.2) is 17.3 Å². The van der Waals surface area contributed by atoms with Gasteiger partial charge in [0.25, 0.3) is 0 Å². The Morgan fingerprint density at radius 2 is 2.12 bits per heavy atom. The normalized spacial score (nSPS) is 10.8. The maximum atomic E-state index is 11.6. The van der Waals surface area contributed by atoms with Crippen LogP contribution in [0.1, 0.15) is 16.8 Å². The summed E-state index contributed by atoms with van der Waals surface area (Å²) in [5.41, 5.74) is 9.11. The lowest BCUT2D eigenvalue weighted by molar-refractivity contribution is 0.633. The van der Waals surface area contributed by atoms with Gasteiger partial charge in [-0.05, 0) is 25.0 Å². The van der Waals surface area contributed by atoms with E-state index in [4.69, 9.17) is 5.73 Å². The van der Waals surface area contributed by atoms with E-state index in [2.05, 4.69) is 10.1 Å². The van der Waals surface area contributed by atoms with Crippen LogP contribution in [-0.4, -0.2) is 19.3 Å². The summed E-state index contributed by atoms with van der Waals surface area (Å²) < 4.78 is 2.79. The molecule has 0 radical (unpaired) electrons. The van der Waals surface area contributed by atoms with Crippen molar-refractivity contribution >= 4 is 5.69 Å². The lowest BCUT2D eigenvalue weighted by Gasteiger charge is -2.09. The van der Waals surface area contributed by atoms with Crippen molar-refractivity contribution in [1.82, 2.24) is 19.3 Å².